The molecule has 1 aliphatic carbocycles. The van der Waals surface area contributed by atoms with Gasteiger partial charge in [0, 0.05) is 31.1 Å². The zero-order chi connectivity index (χ0) is 20.0. The van der Waals surface area contributed by atoms with Crippen molar-refractivity contribution in [3.63, 3.8) is 0 Å². The Morgan fingerprint density at radius 3 is 2.66 bits per heavy atom. The Labute approximate surface area is 171 Å². The first-order valence-electron chi connectivity index (χ1n) is 11.0. The topological polar surface area (TPSA) is 43.8 Å². The highest BCUT2D eigenvalue weighted by Crippen LogP contribution is 2.37. The van der Waals surface area contributed by atoms with Crippen molar-refractivity contribution in [2.45, 2.75) is 57.3 Å². The molecular weight excluding hydrogens is 367 g/mol. The van der Waals surface area contributed by atoms with E-state index in [9.17, 15) is 14.3 Å². The molecule has 4 nitrogen and oxygen atoms in total. The summed E-state index contributed by atoms with van der Waals surface area (Å²) in [6.07, 6.45) is 4.25. The molecule has 0 spiro atoms. The molecule has 1 amide bonds. The summed E-state index contributed by atoms with van der Waals surface area (Å²) in [7, 11) is 0. The smallest absolute Gasteiger partial charge is 0.254 e. The van der Waals surface area contributed by atoms with Gasteiger partial charge in [-0.15, -0.1) is 0 Å². The third-order valence-electron chi connectivity index (χ3n) is 7.14. The van der Waals surface area contributed by atoms with Gasteiger partial charge in [0.05, 0.1) is 18.8 Å². The number of benzene rings is 2. The Hall–Kier alpha value is -1.98. The number of fused-ring (bicyclic) bond motifs is 3. The lowest BCUT2D eigenvalue weighted by Crippen LogP contribution is -2.45. The van der Waals surface area contributed by atoms with Crippen molar-refractivity contribution in [3.05, 3.63) is 47.0 Å². The van der Waals surface area contributed by atoms with Crippen molar-refractivity contribution >= 4 is 16.7 Å². The summed E-state index contributed by atoms with van der Waals surface area (Å²) in [6, 6.07) is 10.3. The first kappa shape index (κ1) is 19.0. The van der Waals surface area contributed by atoms with Gasteiger partial charge in [0.15, 0.2) is 0 Å². The highest BCUT2D eigenvalue weighted by molar-refractivity contribution is 6.05. The molecule has 1 N–H and O–H groups in total. The Morgan fingerprint density at radius 1 is 1.10 bits per heavy atom. The van der Waals surface area contributed by atoms with Crippen LogP contribution in [0.4, 0.5) is 4.39 Å². The zero-order valence-electron chi connectivity index (χ0n) is 16.8. The lowest BCUT2D eigenvalue weighted by molar-refractivity contribution is 0.0192. The normalized spacial score (nSPS) is 27.7. The quantitative estimate of drug-likeness (QED) is 0.853. The van der Waals surface area contributed by atoms with Crippen LogP contribution in [0.3, 0.4) is 0 Å². The molecule has 2 fully saturated rings. The maximum absolute atomic E-state index is 13.3. The summed E-state index contributed by atoms with van der Waals surface area (Å²) in [5, 5.41) is 12.8. The average molecular weight is 397 g/mol. The zero-order valence-corrected chi connectivity index (χ0v) is 16.8. The van der Waals surface area contributed by atoms with Crippen LogP contribution in [-0.4, -0.2) is 52.7 Å². The van der Waals surface area contributed by atoms with Gasteiger partial charge in [0.2, 0.25) is 0 Å². The minimum absolute atomic E-state index is 0.0565. The highest BCUT2D eigenvalue weighted by atomic mass is 19.1. The number of aliphatic hydroxyl groups excluding tert-OH is 1. The van der Waals surface area contributed by atoms with Gasteiger partial charge in [-0.25, -0.2) is 0 Å². The van der Waals surface area contributed by atoms with Gasteiger partial charge in [0.25, 0.3) is 5.91 Å². The maximum Gasteiger partial charge on any atom is 0.254 e. The second-order valence-corrected chi connectivity index (χ2v) is 9.00. The minimum Gasteiger partial charge on any atom is -0.391 e. The number of carbonyl (C=O) groups is 1. The lowest BCUT2D eigenvalue weighted by Gasteiger charge is -2.35. The molecule has 3 aliphatic rings. The van der Waals surface area contributed by atoms with Crippen molar-refractivity contribution in [2.24, 2.45) is 5.92 Å². The van der Waals surface area contributed by atoms with Crippen LogP contribution in [-0.2, 0) is 13.1 Å². The summed E-state index contributed by atoms with van der Waals surface area (Å²) in [4.78, 5) is 17.5. The molecule has 2 aromatic rings. The molecule has 2 aromatic carbocycles. The molecule has 2 aliphatic heterocycles. The molecule has 3 atom stereocenters. The Kier molecular flexibility index (Phi) is 5.04. The van der Waals surface area contributed by atoms with E-state index >= 15 is 0 Å². The van der Waals surface area contributed by atoms with Crippen LogP contribution in [0, 0.1) is 5.92 Å². The maximum atomic E-state index is 13.3. The van der Waals surface area contributed by atoms with Crippen LogP contribution in [0.2, 0.25) is 0 Å². The molecule has 5 rings (SSSR count). The van der Waals surface area contributed by atoms with Gasteiger partial charge < -0.3 is 10.0 Å². The molecular formula is C24H29FN2O2. The van der Waals surface area contributed by atoms with Crippen LogP contribution in [0.15, 0.2) is 30.3 Å². The summed E-state index contributed by atoms with van der Waals surface area (Å²) in [5.41, 5.74) is 3.03. The van der Waals surface area contributed by atoms with Crippen LogP contribution >= 0.6 is 0 Å². The van der Waals surface area contributed by atoms with Crippen molar-refractivity contribution < 1.29 is 14.3 Å². The number of halogens is 1. The van der Waals surface area contributed by atoms with Gasteiger partial charge in [-0.2, -0.15) is 0 Å². The number of carbonyl (C=O) groups excluding carboxylic acids is 1. The average Bonchev–Trinajstić information content (AvgIpc) is 3.33. The van der Waals surface area contributed by atoms with Crippen molar-refractivity contribution in [3.8, 4) is 0 Å². The van der Waals surface area contributed by atoms with Gasteiger partial charge in [-0.05, 0) is 53.8 Å². The fourth-order valence-electron chi connectivity index (χ4n) is 5.55. The third kappa shape index (κ3) is 3.34. The van der Waals surface area contributed by atoms with Crippen LogP contribution in [0.5, 0.6) is 0 Å². The summed E-state index contributed by atoms with van der Waals surface area (Å²) < 4.78 is 13.0. The predicted octanol–water partition coefficient (Wildman–Crippen LogP) is 3.89. The third-order valence-corrected chi connectivity index (χ3v) is 7.14. The first-order chi connectivity index (χ1) is 14.2. The molecule has 0 bridgehead atoms. The van der Waals surface area contributed by atoms with Gasteiger partial charge >= 0.3 is 0 Å². The fourth-order valence-corrected chi connectivity index (χ4v) is 5.55. The van der Waals surface area contributed by atoms with E-state index in [1.807, 2.05) is 17.0 Å². The van der Waals surface area contributed by atoms with Crippen LogP contribution < -0.4 is 0 Å². The molecule has 0 radical (unpaired) electrons. The van der Waals surface area contributed by atoms with Crippen molar-refractivity contribution in [1.82, 2.24) is 9.80 Å². The van der Waals surface area contributed by atoms with Crippen molar-refractivity contribution in [2.75, 3.05) is 19.8 Å². The number of amides is 1. The largest absolute Gasteiger partial charge is 0.391 e. The van der Waals surface area contributed by atoms with E-state index in [0.29, 0.717) is 6.54 Å². The van der Waals surface area contributed by atoms with E-state index < -0.39 is 6.10 Å². The van der Waals surface area contributed by atoms with Gasteiger partial charge in [-0.3, -0.25) is 14.1 Å². The Morgan fingerprint density at radius 2 is 1.90 bits per heavy atom. The molecule has 29 heavy (non-hydrogen) atoms. The summed E-state index contributed by atoms with van der Waals surface area (Å²) in [5.74, 6) is 0.196. The molecule has 5 heteroatoms. The number of hydrogen-bond acceptors (Lipinski definition) is 3. The van der Waals surface area contributed by atoms with Gasteiger partial charge in [-0.1, -0.05) is 37.1 Å². The first-order valence-corrected chi connectivity index (χ1v) is 11.0. The van der Waals surface area contributed by atoms with Gasteiger partial charge in [0.1, 0.15) is 0 Å². The summed E-state index contributed by atoms with van der Waals surface area (Å²) >= 11 is 0. The minimum atomic E-state index is -0.421. The number of aliphatic hydroxyl groups is 1. The van der Waals surface area contributed by atoms with E-state index in [1.54, 1.807) is 0 Å². The van der Waals surface area contributed by atoms with E-state index in [1.165, 1.54) is 5.39 Å². The van der Waals surface area contributed by atoms with Crippen LogP contribution in [0.25, 0.3) is 10.8 Å². The van der Waals surface area contributed by atoms with Crippen LogP contribution in [0.1, 0.15) is 53.6 Å². The molecule has 1 saturated heterocycles. The second kappa shape index (κ2) is 7.69. The monoisotopic (exact) mass is 396 g/mol. The Bertz CT molecular complexity index is 930. The summed E-state index contributed by atoms with van der Waals surface area (Å²) in [6.45, 7) is 2.79. The molecule has 2 heterocycles. The highest BCUT2D eigenvalue weighted by Gasteiger charge is 2.38. The van der Waals surface area contributed by atoms with Crippen molar-refractivity contribution in [1.29, 1.82) is 0 Å². The fraction of sp³-hybridized carbons (Fsp3) is 0.542. The SMILES string of the molecule is O=C1c2cc(CN3CCC(CF)C3)c3ccccc3c2CN1C1CCCCC1O. The molecule has 0 aromatic heterocycles. The predicted molar refractivity (Wildman–Crippen MR) is 111 cm³/mol. The number of likely N-dealkylation sites (tertiary alicyclic amines) is 1. The van der Waals surface area contributed by atoms with E-state index in [2.05, 4.69) is 23.1 Å². The number of rotatable bonds is 4. The molecule has 1 saturated carbocycles. The lowest BCUT2D eigenvalue weighted by atomic mass is 9.91. The standard InChI is InChI=1S/C24H29FN2O2/c25-12-16-9-10-26(13-16)14-17-11-20-21(19-6-2-1-5-18(17)19)15-27(24(20)29)22-7-3-4-8-23(22)28/h1-2,5-6,11,16,22-23,28H,3-4,7-10,12-15H2. The van der Waals surface area contributed by atoms with E-state index in [0.717, 1.165) is 73.8 Å². The second-order valence-electron chi connectivity index (χ2n) is 9.00. The number of hydrogen-bond donors (Lipinski definition) is 1. The Balaban J connectivity index is 1.50. The number of alkyl halides is 1. The van der Waals surface area contributed by atoms with E-state index in [4.69, 9.17) is 0 Å². The molecule has 3 unspecified atom stereocenters. The number of nitrogens with zero attached hydrogens (tertiary/aromatic N) is 2. The molecule has 154 valence electrons. The van der Waals surface area contributed by atoms with E-state index in [-0.39, 0.29) is 24.5 Å².